The predicted octanol–water partition coefficient (Wildman–Crippen LogP) is 4.41. The van der Waals surface area contributed by atoms with Crippen molar-refractivity contribution >= 4 is 38.9 Å². The van der Waals surface area contributed by atoms with Crippen LogP contribution in [-0.2, 0) is 0 Å². The van der Waals surface area contributed by atoms with Crippen LogP contribution in [0, 0.1) is 5.82 Å². The quantitative estimate of drug-likeness (QED) is 0.766. The van der Waals surface area contributed by atoms with Crippen LogP contribution < -0.4 is 0 Å². The summed E-state index contributed by atoms with van der Waals surface area (Å²) in [7, 11) is 0. The van der Waals surface area contributed by atoms with Crippen LogP contribution in [0.1, 0.15) is 17.3 Å². The fraction of sp³-hybridized carbons (Fsp3) is 0.200. The Hall–Kier alpha value is -0.520. The summed E-state index contributed by atoms with van der Waals surface area (Å²) in [5.41, 5.74) is 0.822. The molecule has 6 heteroatoms. The minimum absolute atomic E-state index is 0.162. The van der Waals surface area contributed by atoms with Crippen molar-refractivity contribution in [2.45, 2.75) is 12.3 Å². The lowest BCUT2D eigenvalue weighted by Gasteiger charge is -1.99. The highest BCUT2D eigenvalue weighted by Crippen LogP contribution is 2.33. The first-order chi connectivity index (χ1) is 7.58. The number of benzene rings is 1. The van der Waals surface area contributed by atoms with E-state index in [-0.39, 0.29) is 11.2 Å². The third kappa shape index (κ3) is 2.42. The second kappa shape index (κ2) is 4.77. The van der Waals surface area contributed by atoms with Crippen molar-refractivity contribution in [2.24, 2.45) is 0 Å². The molecule has 0 saturated heterocycles. The molecule has 1 atom stereocenters. The monoisotopic (exact) mass is 320 g/mol. The number of halogens is 3. The standard InChI is InChI=1S/C10H7BrClFN2S/c1-5(12)9-14-15-10(16-9)7-3-2-6(13)4-8(7)11/h2-5H,1H3. The van der Waals surface area contributed by atoms with Crippen molar-refractivity contribution in [3.8, 4) is 10.6 Å². The Morgan fingerprint density at radius 3 is 2.75 bits per heavy atom. The van der Waals surface area contributed by atoms with Gasteiger partial charge in [-0.15, -0.1) is 21.8 Å². The molecular formula is C10H7BrClFN2S. The van der Waals surface area contributed by atoms with Gasteiger partial charge in [-0.2, -0.15) is 0 Å². The molecule has 0 aliphatic carbocycles. The molecule has 1 aromatic carbocycles. The van der Waals surface area contributed by atoms with Gasteiger partial charge in [-0.3, -0.25) is 0 Å². The second-order valence-corrected chi connectivity index (χ2v) is 5.70. The fourth-order valence-corrected chi connectivity index (χ4v) is 2.83. The van der Waals surface area contributed by atoms with Crippen LogP contribution >= 0.6 is 38.9 Å². The Balaban J connectivity index is 2.42. The molecule has 84 valence electrons. The first-order valence-corrected chi connectivity index (χ1v) is 6.55. The Kier molecular flexibility index (Phi) is 3.56. The Morgan fingerprint density at radius 1 is 1.44 bits per heavy atom. The summed E-state index contributed by atoms with van der Waals surface area (Å²) in [6.07, 6.45) is 0. The van der Waals surface area contributed by atoms with Gasteiger partial charge in [0.05, 0.1) is 5.38 Å². The summed E-state index contributed by atoms with van der Waals surface area (Å²) in [6, 6.07) is 4.47. The van der Waals surface area contributed by atoms with E-state index in [0.29, 0.717) is 4.47 Å². The van der Waals surface area contributed by atoms with E-state index in [1.54, 1.807) is 6.07 Å². The molecule has 0 aliphatic heterocycles. The first kappa shape index (κ1) is 12.0. The van der Waals surface area contributed by atoms with Gasteiger partial charge in [0.15, 0.2) is 0 Å². The average molecular weight is 322 g/mol. The molecule has 2 aromatic rings. The molecule has 2 nitrogen and oxygen atoms in total. The van der Waals surface area contributed by atoms with E-state index in [9.17, 15) is 4.39 Å². The van der Waals surface area contributed by atoms with Crippen LogP contribution in [0.4, 0.5) is 4.39 Å². The van der Waals surface area contributed by atoms with Crippen LogP contribution in [0.3, 0.4) is 0 Å². The van der Waals surface area contributed by atoms with E-state index >= 15 is 0 Å². The first-order valence-electron chi connectivity index (χ1n) is 4.51. The van der Waals surface area contributed by atoms with E-state index in [1.165, 1.54) is 23.5 Å². The van der Waals surface area contributed by atoms with Crippen molar-refractivity contribution in [3.63, 3.8) is 0 Å². The molecule has 2 rings (SSSR count). The van der Waals surface area contributed by atoms with Gasteiger partial charge in [0.2, 0.25) is 0 Å². The van der Waals surface area contributed by atoms with Crippen molar-refractivity contribution in [3.05, 3.63) is 33.5 Å². The fourth-order valence-electron chi connectivity index (χ4n) is 1.17. The molecular weight excluding hydrogens is 315 g/mol. The van der Waals surface area contributed by atoms with Gasteiger partial charge in [-0.25, -0.2) is 4.39 Å². The van der Waals surface area contributed by atoms with Crippen LogP contribution in [0.5, 0.6) is 0 Å². The molecule has 0 bridgehead atoms. The molecule has 0 amide bonds. The van der Waals surface area contributed by atoms with Crippen molar-refractivity contribution in [2.75, 3.05) is 0 Å². The van der Waals surface area contributed by atoms with Gasteiger partial charge in [0.1, 0.15) is 15.8 Å². The van der Waals surface area contributed by atoms with E-state index in [0.717, 1.165) is 15.6 Å². The topological polar surface area (TPSA) is 25.8 Å². The van der Waals surface area contributed by atoms with Crippen molar-refractivity contribution in [1.82, 2.24) is 10.2 Å². The average Bonchev–Trinajstić information content (AvgIpc) is 2.66. The molecule has 16 heavy (non-hydrogen) atoms. The van der Waals surface area contributed by atoms with Crippen LogP contribution in [0.15, 0.2) is 22.7 Å². The number of aromatic nitrogens is 2. The lowest BCUT2D eigenvalue weighted by Crippen LogP contribution is -1.82. The maximum atomic E-state index is 12.9. The van der Waals surface area contributed by atoms with Crippen LogP contribution in [-0.4, -0.2) is 10.2 Å². The SMILES string of the molecule is CC(Cl)c1nnc(-c2ccc(F)cc2Br)s1. The molecule has 0 fully saturated rings. The van der Waals surface area contributed by atoms with E-state index < -0.39 is 0 Å². The van der Waals surface area contributed by atoms with Gasteiger partial charge in [-0.05, 0) is 41.1 Å². The number of hydrogen-bond donors (Lipinski definition) is 0. The highest BCUT2D eigenvalue weighted by molar-refractivity contribution is 9.10. The van der Waals surface area contributed by atoms with Crippen molar-refractivity contribution < 1.29 is 4.39 Å². The van der Waals surface area contributed by atoms with Gasteiger partial charge in [0, 0.05) is 10.0 Å². The summed E-state index contributed by atoms with van der Waals surface area (Å²) in [5.74, 6) is -0.286. The second-order valence-electron chi connectivity index (χ2n) is 3.19. The highest BCUT2D eigenvalue weighted by Gasteiger charge is 2.13. The van der Waals surface area contributed by atoms with E-state index in [1.807, 2.05) is 6.92 Å². The third-order valence-electron chi connectivity index (χ3n) is 1.94. The molecule has 0 spiro atoms. The third-order valence-corrected chi connectivity index (χ3v) is 4.07. The smallest absolute Gasteiger partial charge is 0.148 e. The Bertz CT molecular complexity index is 515. The Morgan fingerprint density at radius 2 is 2.19 bits per heavy atom. The molecule has 1 aromatic heterocycles. The predicted molar refractivity (Wildman–Crippen MR) is 67.3 cm³/mol. The van der Waals surface area contributed by atoms with Gasteiger partial charge < -0.3 is 0 Å². The molecule has 0 radical (unpaired) electrons. The largest absolute Gasteiger partial charge is 0.207 e. The normalized spacial score (nSPS) is 12.8. The lowest BCUT2D eigenvalue weighted by molar-refractivity contribution is 0.627. The number of alkyl halides is 1. The maximum absolute atomic E-state index is 12.9. The molecule has 0 saturated carbocycles. The maximum Gasteiger partial charge on any atom is 0.148 e. The zero-order chi connectivity index (χ0) is 11.7. The summed E-state index contributed by atoms with van der Waals surface area (Å²) in [4.78, 5) is 0. The van der Waals surface area contributed by atoms with Gasteiger partial charge >= 0.3 is 0 Å². The molecule has 1 unspecified atom stereocenters. The number of nitrogens with zero attached hydrogens (tertiary/aromatic N) is 2. The summed E-state index contributed by atoms with van der Waals surface area (Å²) in [5, 5.41) is 9.33. The summed E-state index contributed by atoms with van der Waals surface area (Å²) < 4.78 is 13.6. The lowest BCUT2D eigenvalue weighted by atomic mass is 10.2. The zero-order valence-corrected chi connectivity index (χ0v) is 11.4. The molecule has 0 aliphatic rings. The number of hydrogen-bond acceptors (Lipinski definition) is 3. The Labute approximate surface area is 110 Å². The van der Waals surface area contributed by atoms with Crippen molar-refractivity contribution in [1.29, 1.82) is 0 Å². The van der Waals surface area contributed by atoms with E-state index in [2.05, 4.69) is 26.1 Å². The van der Waals surface area contributed by atoms with Crippen LogP contribution in [0.2, 0.25) is 0 Å². The van der Waals surface area contributed by atoms with E-state index in [4.69, 9.17) is 11.6 Å². The summed E-state index contributed by atoms with van der Waals surface area (Å²) in [6.45, 7) is 1.84. The minimum Gasteiger partial charge on any atom is -0.207 e. The molecule has 0 N–H and O–H groups in total. The number of rotatable bonds is 2. The van der Waals surface area contributed by atoms with Crippen LogP contribution in [0.25, 0.3) is 10.6 Å². The molecule has 1 heterocycles. The highest BCUT2D eigenvalue weighted by atomic mass is 79.9. The zero-order valence-electron chi connectivity index (χ0n) is 8.25. The minimum atomic E-state index is -0.286. The van der Waals surface area contributed by atoms with Gasteiger partial charge in [-0.1, -0.05) is 11.3 Å². The van der Waals surface area contributed by atoms with Gasteiger partial charge in [0.25, 0.3) is 0 Å². The summed E-state index contributed by atoms with van der Waals surface area (Å²) >= 11 is 10.6.